The molecule has 0 saturated carbocycles. The number of nitrogens with one attached hydrogen (secondary N) is 1. The Morgan fingerprint density at radius 1 is 1.28 bits per heavy atom. The fraction of sp³-hybridized carbons (Fsp3) is 0.143. The highest BCUT2D eigenvalue weighted by atomic mass is 79.9. The van der Waals surface area contributed by atoms with E-state index in [2.05, 4.69) is 26.2 Å². The van der Waals surface area contributed by atoms with Crippen molar-refractivity contribution in [2.24, 2.45) is 0 Å². The second-order valence-electron chi connectivity index (χ2n) is 4.04. The number of hydrogen-bond acceptors (Lipinski definition) is 2. The number of carbonyl (C=O) groups is 1. The van der Waals surface area contributed by atoms with Crippen LogP contribution < -0.4 is 5.32 Å². The molecule has 0 aliphatic heterocycles. The molecule has 1 heterocycles. The van der Waals surface area contributed by atoms with Gasteiger partial charge in [-0.1, -0.05) is 29.8 Å². The first-order chi connectivity index (χ1) is 8.65. The second-order valence-corrected chi connectivity index (χ2v) is 4.85. The largest absolute Gasteiger partial charge is 0.348 e. The maximum absolute atomic E-state index is 11.9. The van der Waals surface area contributed by atoms with E-state index in [1.807, 2.05) is 31.2 Å². The summed E-state index contributed by atoms with van der Waals surface area (Å²) >= 11 is 3.24. The summed E-state index contributed by atoms with van der Waals surface area (Å²) in [6.45, 7) is 2.57. The maximum Gasteiger partial charge on any atom is 0.251 e. The molecule has 92 valence electrons. The molecular weight excluding hydrogens is 292 g/mol. The lowest BCUT2D eigenvalue weighted by Gasteiger charge is -2.05. The first-order valence-corrected chi connectivity index (χ1v) is 6.40. The molecule has 2 rings (SSSR count). The van der Waals surface area contributed by atoms with Crippen LogP contribution in [0.15, 0.2) is 47.2 Å². The number of carbonyl (C=O) groups excluding carboxylic acids is 1. The molecule has 1 aromatic carbocycles. The van der Waals surface area contributed by atoms with Gasteiger partial charge in [0.1, 0.15) is 4.60 Å². The Morgan fingerprint density at radius 2 is 2.00 bits per heavy atom. The van der Waals surface area contributed by atoms with Crippen molar-refractivity contribution in [2.45, 2.75) is 13.5 Å². The van der Waals surface area contributed by atoms with Gasteiger partial charge >= 0.3 is 0 Å². The predicted octanol–water partition coefficient (Wildman–Crippen LogP) is 3.08. The van der Waals surface area contributed by atoms with Crippen LogP contribution in [0.1, 0.15) is 21.5 Å². The number of aromatic nitrogens is 1. The molecule has 0 radical (unpaired) electrons. The van der Waals surface area contributed by atoms with E-state index in [1.54, 1.807) is 18.3 Å². The van der Waals surface area contributed by atoms with Crippen LogP contribution in [-0.2, 0) is 6.54 Å². The Labute approximate surface area is 114 Å². The number of nitrogens with zero attached hydrogens (tertiary/aromatic N) is 1. The third-order valence-electron chi connectivity index (χ3n) is 2.56. The first kappa shape index (κ1) is 12.8. The van der Waals surface area contributed by atoms with Crippen molar-refractivity contribution in [3.8, 4) is 0 Å². The summed E-state index contributed by atoms with van der Waals surface area (Å²) in [5, 5.41) is 2.87. The Balaban J connectivity index is 1.98. The molecule has 4 heteroatoms. The fourth-order valence-corrected chi connectivity index (χ4v) is 1.90. The zero-order valence-electron chi connectivity index (χ0n) is 9.98. The molecule has 0 bridgehead atoms. The van der Waals surface area contributed by atoms with Gasteiger partial charge in [0.05, 0.1) is 0 Å². The minimum atomic E-state index is -0.0984. The van der Waals surface area contributed by atoms with E-state index in [4.69, 9.17) is 0 Å². The van der Waals surface area contributed by atoms with E-state index in [9.17, 15) is 4.79 Å². The Kier molecular flexibility index (Phi) is 4.10. The summed E-state index contributed by atoms with van der Waals surface area (Å²) in [6, 6.07) is 11.5. The van der Waals surface area contributed by atoms with Crippen molar-refractivity contribution < 1.29 is 4.79 Å². The molecule has 0 aliphatic rings. The fourth-order valence-electron chi connectivity index (χ4n) is 1.53. The minimum absolute atomic E-state index is 0.0984. The third kappa shape index (κ3) is 3.40. The summed E-state index contributed by atoms with van der Waals surface area (Å²) < 4.78 is 0.658. The number of pyridine rings is 1. The van der Waals surface area contributed by atoms with Crippen molar-refractivity contribution >= 4 is 21.8 Å². The predicted molar refractivity (Wildman–Crippen MR) is 74.3 cm³/mol. The van der Waals surface area contributed by atoms with Crippen molar-refractivity contribution in [1.29, 1.82) is 0 Å². The molecule has 0 aliphatic carbocycles. The smallest absolute Gasteiger partial charge is 0.251 e. The molecule has 1 amide bonds. The topological polar surface area (TPSA) is 42.0 Å². The van der Waals surface area contributed by atoms with E-state index < -0.39 is 0 Å². The van der Waals surface area contributed by atoms with E-state index in [0.29, 0.717) is 16.7 Å². The minimum Gasteiger partial charge on any atom is -0.348 e. The monoisotopic (exact) mass is 304 g/mol. The van der Waals surface area contributed by atoms with Crippen molar-refractivity contribution in [3.63, 3.8) is 0 Å². The van der Waals surface area contributed by atoms with Crippen LogP contribution in [0, 0.1) is 6.92 Å². The number of hydrogen-bond donors (Lipinski definition) is 1. The highest BCUT2D eigenvalue weighted by molar-refractivity contribution is 9.10. The molecule has 1 N–H and O–H groups in total. The number of halogens is 1. The summed E-state index contributed by atoms with van der Waals surface area (Å²) in [7, 11) is 0. The molecule has 0 fully saturated rings. The van der Waals surface area contributed by atoms with E-state index in [0.717, 1.165) is 5.56 Å². The Bertz CT molecular complexity index is 552. The normalized spacial score (nSPS) is 10.1. The van der Waals surface area contributed by atoms with E-state index in [-0.39, 0.29) is 5.91 Å². The third-order valence-corrected chi connectivity index (χ3v) is 3.00. The number of benzene rings is 1. The molecule has 18 heavy (non-hydrogen) atoms. The van der Waals surface area contributed by atoms with Crippen LogP contribution in [-0.4, -0.2) is 10.9 Å². The van der Waals surface area contributed by atoms with Crippen LogP contribution in [0.5, 0.6) is 0 Å². The van der Waals surface area contributed by atoms with Gasteiger partial charge in [-0.15, -0.1) is 0 Å². The number of rotatable bonds is 3. The quantitative estimate of drug-likeness (QED) is 0.886. The Hall–Kier alpha value is -1.68. The lowest BCUT2D eigenvalue weighted by molar-refractivity contribution is 0.0950. The zero-order chi connectivity index (χ0) is 13.0. The van der Waals surface area contributed by atoms with Crippen LogP contribution in [0.3, 0.4) is 0 Å². The molecule has 1 aromatic heterocycles. The summed E-state index contributed by atoms with van der Waals surface area (Å²) in [5.74, 6) is -0.0984. The number of aryl methyl sites for hydroxylation is 1. The van der Waals surface area contributed by atoms with Gasteiger partial charge in [0.15, 0.2) is 0 Å². The van der Waals surface area contributed by atoms with Gasteiger partial charge in [-0.05, 0) is 40.5 Å². The SMILES string of the molecule is Cc1ccc(CNC(=O)c2ccnc(Br)c2)cc1. The van der Waals surface area contributed by atoms with Gasteiger partial charge in [-0.3, -0.25) is 4.79 Å². The van der Waals surface area contributed by atoms with Crippen LogP contribution in [0.4, 0.5) is 0 Å². The van der Waals surface area contributed by atoms with E-state index >= 15 is 0 Å². The van der Waals surface area contributed by atoms with Gasteiger partial charge < -0.3 is 5.32 Å². The molecule has 0 spiro atoms. The number of amides is 1. The molecule has 3 nitrogen and oxygen atoms in total. The average Bonchev–Trinajstić information content (AvgIpc) is 2.38. The van der Waals surface area contributed by atoms with Gasteiger partial charge in [0.25, 0.3) is 5.91 Å². The lowest BCUT2D eigenvalue weighted by atomic mass is 10.1. The van der Waals surface area contributed by atoms with Crippen LogP contribution in [0.2, 0.25) is 0 Å². The molecule has 2 aromatic rings. The maximum atomic E-state index is 11.9. The second kappa shape index (κ2) is 5.78. The van der Waals surface area contributed by atoms with Crippen LogP contribution in [0.25, 0.3) is 0 Å². The molecule has 0 saturated heterocycles. The zero-order valence-corrected chi connectivity index (χ0v) is 11.6. The van der Waals surface area contributed by atoms with Crippen molar-refractivity contribution in [1.82, 2.24) is 10.3 Å². The van der Waals surface area contributed by atoms with Gasteiger partial charge in [0.2, 0.25) is 0 Å². The first-order valence-electron chi connectivity index (χ1n) is 5.60. The van der Waals surface area contributed by atoms with Gasteiger partial charge in [-0.2, -0.15) is 0 Å². The summed E-state index contributed by atoms with van der Waals surface area (Å²) in [6.07, 6.45) is 1.60. The van der Waals surface area contributed by atoms with Crippen molar-refractivity contribution in [3.05, 3.63) is 63.9 Å². The molecule has 0 unspecified atom stereocenters. The van der Waals surface area contributed by atoms with Gasteiger partial charge in [0, 0.05) is 18.3 Å². The average molecular weight is 305 g/mol. The Morgan fingerprint density at radius 3 is 2.67 bits per heavy atom. The molecular formula is C14H13BrN2O. The highest BCUT2D eigenvalue weighted by Gasteiger charge is 2.05. The van der Waals surface area contributed by atoms with Crippen LogP contribution >= 0.6 is 15.9 Å². The lowest BCUT2D eigenvalue weighted by Crippen LogP contribution is -2.22. The standard InChI is InChI=1S/C14H13BrN2O/c1-10-2-4-11(5-3-10)9-17-14(18)12-6-7-16-13(15)8-12/h2-8H,9H2,1H3,(H,17,18). The van der Waals surface area contributed by atoms with Crippen molar-refractivity contribution in [2.75, 3.05) is 0 Å². The van der Waals surface area contributed by atoms with Gasteiger partial charge in [-0.25, -0.2) is 4.98 Å². The summed E-state index contributed by atoms with van der Waals surface area (Å²) in [5.41, 5.74) is 2.90. The van der Waals surface area contributed by atoms with E-state index in [1.165, 1.54) is 5.56 Å². The molecule has 0 atom stereocenters. The highest BCUT2D eigenvalue weighted by Crippen LogP contribution is 2.08. The summed E-state index contributed by atoms with van der Waals surface area (Å²) in [4.78, 5) is 15.9.